The summed E-state index contributed by atoms with van der Waals surface area (Å²) in [6, 6.07) is -0.628. The third-order valence-electron chi connectivity index (χ3n) is 13.2. The molecule has 0 aromatic carbocycles. The Hall–Kier alpha value is -1.66. The Kier molecular flexibility index (Phi) is 52.6. The van der Waals surface area contributed by atoms with Crippen LogP contribution in [0.2, 0.25) is 0 Å². The van der Waals surface area contributed by atoms with E-state index in [0.717, 1.165) is 44.9 Å². The SMILES string of the molecule is CCCCCC/C=C\CCCCCCCC(=O)OCCCCCCCCCCCCCCCCCCCCCCC(=O)NC(CO)C(O)/C=C/CCCCCCCCCCCCCC. The molecular weight excluding hydrogens is 791 g/mol. The van der Waals surface area contributed by atoms with E-state index in [9.17, 15) is 19.8 Å². The number of amides is 1. The summed E-state index contributed by atoms with van der Waals surface area (Å²) in [6.07, 6.45) is 64.8. The van der Waals surface area contributed by atoms with Crippen LogP contribution in [0.25, 0.3) is 0 Å². The van der Waals surface area contributed by atoms with Crippen molar-refractivity contribution in [2.24, 2.45) is 0 Å². The van der Waals surface area contributed by atoms with E-state index in [4.69, 9.17) is 4.74 Å². The summed E-state index contributed by atoms with van der Waals surface area (Å²) in [5.41, 5.74) is 0. The Morgan fingerprint density at radius 3 is 1.12 bits per heavy atom. The quantitative estimate of drug-likeness (QED) is 0.0321. The van der Waals surface area contributed by atoms with Gasteiger partial charge in [-0.2, -0.15) is 0 Å². The number of hydrogen-bond donors (Lipinski definition) is 3. The van der Waals surface area contributed by atoms with Crippen molar-refractivity contribution in [2.45, 2.75) is 321 Å². The Labute approximate surface area is 399 Å². The van der Waals surface area contributed by atoms with Crippen molar-refractivity contribution in [3.8, 4) is 0 Å². The number of unbranched alkanes of at least 4 members (excludes halogenated alkanes) is 40. The predicted octanol–water partition coefficient (Wildman–Crippen LogP) is 17.5. The van der Waals surface area contributed by atoms with Gasteiger partial charge < -0.3 is 20.3 Å². The van der Waals surface area contributed by atoms with E-state index in [0.29, 0.717) is 19.4 Å². The van der Waals surface area contributed by atoms with Crippen LogP contribution in [0.15, 0.2) is 24.3 Å². The van der Waals surface area contributed by atoms with Gasteiger partial charge in [0.25, 0.3) is 0 Å². The number of esters is 1. The Morgan fingerprint density at radius 1 is 0.422 bits per heavy atom. The summed E-state index contributed by atoms with van der Waals surface area (Å²) in [5, 5.41) is 23.1. The fourth-order valence-electron chi connectivity index (χ4n) is 8.81. The molecule has 1 amide bonds. The number of aliphatic hydroxyl groups is 2. The standard InChI is InChI=1S/C58H111NO5/c1-3-5-7-9-11-13-15-17-27-30-34-38-42-46-50-56(61)55(54-60)59-57(62)51-47-43-39-35-31-28-24-22-20-18-19-21-23-25-29-33-37-41-45-49-53-64-58(63)52-48-44-40-36-32-26-16-14-12-10-8-6-4-2/h14,16,46,50,55-56,60-61H,3-13,15,17-45,47-49,51-54H2,1-2H3,(H,59,62)/b16-14-,50-46+. The van der Waals surface area contributed by atoms with E-state index < -0.39 is 12.1 Å². The van der Waals surface area contributed by atoms with Crippen LogP contribution in [-0.2, 0) is 14.3 Å². The van der Waals surface area contributed by atoms with Gasteiger partial charge in [0.05, 0.1) is 25.4 Å². The van der Waals surface area contributed by atoms with Crippen molar-refractivity contribution in [3.05, 3.63) is 24.3 Å². The maximum absolute atomic E-state index is 12.4. The van der Waals surface area contributed by atoms with Gasteiger partial charge in [-0.25, -0.2) is 0 Å². The first-order chi connectivity index (χ1) is 31.5. The van der Waals surface area contributed by atoms with Crippen molar-refractivity contribution >= 4 is 11.9 Å². The average Bonchev–Trinajstić information content (AvgIpc) is 3.29. The molecule has 6 nitrogen and oxygen atoms in total. The smallest absolute Gasteiger partial charge is 0.305 e. The fraction of sp³-hybridized carbons (Fsp3) is 0.897. The molecule has 0 heterocycles. The number of carbonyl (C=O) groups excluding carboxylic acids is 2. The minimum Gasteiger partial charge on any atom is -0.466 e. The minimum atomic E-state index is -0.845. The van der Waals surface area contributed by atoms with Crippen LogP contribution in [0, 0.1) is 0 Å². The topological polar surface area (TPSA) is 95.9 Å². The maximum Gasteiger partial charge on any atom is 0.305 e. The molecule has 0 aliphatic rings. The number of nitrogens with one attached hydrogen (secondary N) is 1. The molecule has 0 saturated heterocycles. The molecule has 0 aromatic heterocycles. The highest BCUT2D eigenvalue weighted by atomic mass is 16.5. The van der Waals surface area contributed by atoms with Gasteiger partial charge in [-0.1, -0.05) is 263 Å². The largest absolute Gasteiger partial charge is 0.466 e. The highest BCUT2D eigenvalue weighted by Crippen LogP contribution is 2.17. The second kappa shape index (κ2) is 54.0. The summed E-state index contributed by atoms with van der Waals surface area (Å²) < 4.78 is 5.47. The van der Waals surface area contributed by atoms with Crippen LogP contribution in [-0.4, -0.2) is 47.4 Å². The third kappa shape index (κ3) is 49.8. The molecule has 6 heteroatoms. The van der Waals surface area contributed by atoms with E-state index in [1.165, 1.54) is 238 Å². The summed E-state index contributed by atoms with van der Waals surface area (Å²) in [5.74, 6) is -0.0686. The summed E-state index contributed by atoms with van der Waals surface area (Å²) >= 11 is 0. The van der Waals surface area contributed by atoms with E-state index in [1.807, 2.05) is 6.08 Å². The number of hydrogen-bond acceptors (Lipinski definition) is 5. The monoisotopic (exact) mass is 902 g/mol. The highest BCUT2D eigenvalue weighted by Gasteiger charge is 2.18. The second-order valence-electron chi connectivity index (χ2n) is 19.6. The van der Waals surface area contributed by atoms with Crippen LogP contribution in [0.4, 0.5) is 0 Å². The lowest BCUT2D eigenvalue weighted by atomic mass is 10.0. The maximum atomic E-state index is 12.4. The van der Waals surface area contributed by atoms with Crippen molar-refractivity contribution in [3.63, 3.8) is 0 Å². The minimum absolute atomic E-state index is 0.000647. The van der Waals surface area contributed by atoms with Crippen LogP contribution in [0.1, 0.15) is 309 Å². The Morgan fingerprint density at radius 2 is 0.734 bits per heavy atom. The summed E-state index contributed by atoms with van der Waals surface area (Å²) in [7, 11) is 0. The molecule has 378 valence electrons. The lowest BCUT2D eigenvalue weighted by molar-refractivity contribution is -0.143. The highest BCUT2D eigenvalue weighted by molar-refractivity contribution is 5.76. The first kappa shape index (κ1) is 62.3. The summed E-state index contributed by atoms with van der Waals surface area (Å²) in [4.78, 5) is 24.5. The van der Waals surface area contributed by atoms with Gasteiger partial charge in [0, 0.05) is 12.8 Å². The lowest BCUT2D eigenvalue weighted by Gasteiger charge is -2.20. The van der Waals surface area contributed by atoms with Crippen molar-refractivity contribution in [1.82, 2.24) is 5.32 Å². The van der Waals surface area contributed by atoms with E-state index in [1.54, 1.807) is 6.08 Å². The molecule has 0 rings (SSSR count). The lowest BCUT2D eigenvalue weighted by Crippen LogP contribution is -2.45. The Bertz CT molecular complexity index is 997. The van der Waals surface area contributed by atoms with Gasteiger partial charge >= 0.3 is 5.97 Å². The van der Waals surface area contributed by atoms with Gasteiger partial charge in [-0.15, -0.1) is 0 Å². The van der Waals surface area contributed by atoms with Crippen LogP contribution in [0.5, 0.6) is 0 Å². The number of allylic oxidation sites excluding steroid dienone is 3. The van der Waals surface area contributed by atoms with Crippen LogP contribution >= 0.6 is 0 Å². The van der Waals surface area contributed by atoms with Gasteiger partial charge in [-0.3, -0.25) is 9.59 Å². The molecule has 2 atom stereocenters. The van der Waals surface area contributed by atoms with E-state index in [2.05, 4.69) is 31.3 Å². The van der Waals surface area contributed by atoms with Crippen molar-refractivity contribution < 1.29 is 24.5 Å². The first-order valence-corrected chi connectivity index (χ1v) is 28.6. The molecule has 0 bridgehead atoms. The zero-order valence-electron chi connectivity index (χ0n) is 43.0. The molecule has 0 radical (unpaired) electrons. The fourth-order valence-corrected chi connectivity index (χ4v) is 8.81. The molecule has 0 aromatic rings. The first-order valence-electron chi connectivity index (χ1n) is 28.6. The zero-order valence-corrected chi connectivity index (χ0v) is 43.0. The van der Waals surface area contributed by atoms with E-state index in [-0.39, 0.29) is 18.5 Å². The zero-order chi connectivity index (χ0) is 46.5. The predicted molar refractivity (Wildman–Crippen MR) is 278 cm³/mol. The number of rotatable bonds is 53. The normalized spacial score (nSPS) is 12.8. The molecule has 0 fully saturated rings. The molecular formula is C58H111NO5. The van der Waals surface area contributed by atoms with Crippen molar-refractivity contribution in [1.29, 1.82) is 0 Å². The molecule has 2 unspecified atom stereocenters. The second-order valence-corrected chi connectivity index (χ2v) is 19.6. The van der Waals surface area contributed by atoms with Gasteiger partial charge in [-0.05, 0) is 57.8 Å². The third-order valence-corrected chi connectivity index (χ3v) is 13.2. The van der Waals surface area contributed by atoms with E-state index >= 15 is 0 Å². The molecule has 0 aliphatic heterocycles. The van der Waals surface area contributed by atoms with Crippen molar-refractivity contribution in [2.75, 3.05) is 13.2 Å². The Balaban J connectivity index is 3.42. The van der Waals surface area contributed by atoms with Gasteiger partial charge in [0.1, 0.15) is 0 Å². The van der Waals surface area contributed by atoms with Crippen LogP contribution < -0.4 is 5.32 Å². The summed E-state index contributed by atoms with van der Waals surface area (Å²) in [6.45, 7) is 4.89. The number of aliphatic hydroxyl groups excluding tert-OH is 2. The van der Waals surface area contributed by atoms with Gasteiger partial charge in [0.15, 0.2) is 0 Å². The molecule has 0 saturated carbocycles. The average molecular weight is 903 g/mol. The molecule has 64 heavy (non-hydrogen) atoms. The van der Waals surface area contributed by atoms with Crippen LogP contribution in [0.3, 0.4) is 0 Å². The van der Waals surface area contributed by atoms with Gasteiger partial charge in [0.2, 0.25) is 5.91 Å². The molecule has 0 spiro atoms. The number of ether oxygens (including phenoxy) is 1. The molecule has 3 N–H and O–H groups in total. The number of carbonyl (C=O) groups is 2. The molecule has 0 aliphatic carbocycles.